The van der Waals surface area contributed by atoms with Gasteiger partial charge in [-0.25, -0.2) is 0 Å². The second-order valence-electron chi connectivity index (χ2n) is 5.02. The van der Waals surface area contributed by atoms with E-state index in [1.165, 1.54) is 0 Å². The molecule has 102 valence electrons. The normalized spacial score (nSPS) is 11.2. The van der Waals surface area contributed by atoms with Crippen LogP contribution in [0.4, 0.5) is 5.69 Å². The Morgan fingerprint density at radius 1 is 1.37 bits per heavy atom. The number of aromatic nitrogens is 2. The van der Waals surface area contributed by atoms with Crippen LogP contribution >= 0.6 is 11.8 Å². The van der Waals surface area contributed by atoms with Crippen LogP contribution in [0, 0.1) is 12.8 Å². The fourth-order valence-corrected chi connectivity index (χ4v) is 2.55. The van der Waals surface area contributed by atoms with Crippen molar-refractivity contribution in [2.24, 2.45) is 5.92 Å². The van der Waals surface area contributed by atoms with E-state index in [0.717, 1.165) is 28.5 Å². The van der Waals surface area contributed by atoms with Crippen molar-refractivity contribution in [2.75, 3.05) is 11.5 Å². The third-order valence-corrected chi connectivity index (χ3v) is 3.95. The zero-order chi connectivity index (χ0) is 13.8. The maximum absolute atomic E-state index is 5.94. The quantitative estimate of drug-likeness (QED) is 0.847. The van der Waals surface area contributed by atoms with Crippen molar-refractivity contribution in [3.05, 3.63) is 29.6 Å². The van der Waals surface area contributed by atoms with Gasteiger partial charge in [0.2, 0.25) is 0 Å². The zero-order valence-corrected chi connectivity index (χ0v) is 12.3. The third-order valence-electron chi connectivity index (χ3n) is 2.59. The Balaban J connectivity index is 2.10. The summed E-state index contributed by atoms with van der Waals surface area (Å²) in [6, 6.07) is 5.80. The molecule has 0 atom stereocenters. The minimum Gasteiger partial charge on any atom is -0.398 e. The molecule has 0 aliphatic carbocycles. The molecule has 19 heavy (non-hydrogen) atoms. The van der Waals surface area contributed by atoms with Gasteiger partial charge in [0.25, 0.3) is 5.89 Å². The molecule has 0 fully saturated rings. The average molecular weight is 277 g/mol. The molecular formula is C14H19N3OS. The first-order valence-electron chi connectivity index (χ1n) is 6.33. The van der Waals surface area contributed by atoms with Crippen molar-refractivity contribution in [2.45, 2.75) is 26.5 Å². The van der Waals surface area contributed by atoms with Gasteiger partial charge in [-0.2, -0.15) is 16.7 Å². The SMILES string of the molecule is Cc1ccc(N)c(-c2nc(CSCC(C)C)no2)c1. The highest BCUT2D eigenvalue weighted by atomic mass is 32.2. The van der Waals surface area contributed by atoms with Crippen LogP contribution in [-0.2, 0) is 5.75 Å². The Kier molecular flexibility index (Phi) is 4.47. The average Bonchev–Trinajstić information content (AvgIpc) is 2.80. The van der Waals surface area contributed by atoms with Crippen molar-refractivity contribution in [1.82, 2.24) is 10.1 Å². The first-order valence-corrected chi connectivity index (χ1v) is 7.48. The molecule has 2 rings (SSSR count). The van der Waals surface area contributed by atoms with Gasteiger partial charge in [-0.05, 0) is 30.7 Å². The lowest BCUT2D eigenvalue weighted by Crippen LogP contribution is -1.93. The van der Waals surface area contributed by atoms with Crippen LogP contribution in [0.3, 0.4) is 0 Å². The van der Waals surface area contributed by atoms with Gasteiger partial charge in [0, 0.05) is 5.69 Å². The Morgan fingerprint density at radius 2 is 2.16 bits per heavy atom. The lowest BCUT2D eigenvalue weighted by molar-refractivity contribution is 0.425. The van der Waals surface area contributed by atoms with Crippen LogP contribution in [0.25, 0.3) is 11.5 Å². The Morgan fingerprint density at radius 3 is 2.89 bits per heavy atom. The molecule has 0 unspecified atom stereocenters. The van der Waals surface area contributed by atoms with Crippen molar-refractivity contribution in [3.8, 4) is 11.5 Å². The van der Waals surface area contributed by atoms with E-state index < -0.39 is 0 Å². The number of nitrogens with zero attached hydrogens (tertiary/aromatic N) is 2. The summed E-state index contributed by atoms with van der Waals surface area (Å²) in [5.41, 5.74) is 8.54. The number of thioether (sulfide) groups is 1. The lowest BCUT2D eigenvalue weighted by Gasteiger charge is -2.01. The fourth-order valence-electron chi connectivity index (χ4n) is 1.66. The topological polar surface area (TPSA) is 64.9 Å². The number of aryl methyl sites for hydroxylation is 1. The van der Waals surface area contributed by atoms with Gasteiger partial charge in [0.1, 0.15) is 0 Å². The highest BCUT2D eigenvalue weighted by Gasteiger charge is 2.12. The van der Waals surface area contributed by atoms with Gasteiger partial charge in [-0.1, -0.05) is 30.6 Å². The Bertz CT molecular complexity index is 551. The molecule has 4 nitrogen and oxygen atoms in total. The molecule has 0 saturated carbocycles. The van der Waals surface area contributed by atoms with E-state index in [1.807, 2.05) is 36.9 Å². The number of nitrogen functional groups attached to an aromatic ring is 1. The summed E-state index contributed by atoms with van der Waals surface area (Å²) < 4.78 is 5.29. The van der Waals surface area contributed by atoms with E-state index in [9.17, 15) is 0 Å². The maximum atomic E-state index is 5.94. The molecule has 2 N–H and O–H groups in total. The maximum Gasteiger partial charge on any atom is 0.260 e. The van der Waals surface area contributed by atoms with Crippen LogP contribution in [0.15, 0.2) is 22.7 Å². The van der Waals surface area contributed by atoms with Crippen molar-refractivity contribution in [3.63, 3.8) is 0 Å². The van der Waals surface area contributed by atoms with E-state index in [1.54, 1.807) is 0 Å². The molecular weight excluding hydrogens is 258 g/mol. The molecule has 2 aromatic rings. The standard InChI is InChI=1S/C14H19N3OS/c1-9(2)7-19-8-13-16-14(18-17-13)11-6-10(3)4-5-12(11)15/h4-6,9H,7-8,15H2,1-3H3. The second-order valence-corrected chi connectivity index (χ2v) is 6.05. The molecule has 0 bridgehead atoms. The number of benzene rings is 1. The smallest absolute Gasteiger partial charge is 0.260 e. The highest BCUT2D eigenvalue weighted by molar-refractivity contribution is 7.98. The van der Waals surface area contributed by atoms with Gasteiger partial charge in [-0.15, -0.1) is 0 Å². The number of hydrogen-bond donors (Lipinski definition) is 1. The van der Waals surface area contributed by atoms with Gasteiger partial charge in [-0.3, -0.25) is 0 Å². The minimum atomic E-state index is 0.501. The zero-order valence-electron chi connectivity index (χ0n) is 11.5. The molecule has 0 aliphatic heterocycles. The summed E-state index contributed by atoms with van der Waals surface area (Å²) in [5, 5.41) is 4.00. The van der Waals surface area contributed by atoms with Gasteiger partial charge >= 0.3 is 0 Å². The fraction of sp³-hybridized carbons (Fsp3) is 0.429. The lowest BCUT2D eigenvalue weighted by atomic mass is 10.1. The minimum absolute atomic E-state index is 0.501. The molecule has 1 aromatic heterocycles. The molecule has 1 heterocycles. The highest BCUT2D eigenvalue weighted by Crippen LogP contribution is 2.26. The number of nitrogens with two attached hydrogens (primary N) is 1. The number of rotatable bonds is 5. The van der Waals surface area contributed by atoms with Gasteiger partial charge < -0.3 is 10.3 Å². The summed E-state index contributed by atoms with van der Waals surface area (Å²) in [7, 11) is 0. The number of anilines is 1. The molecule has 0 saturated heterocycles. The van der Waals surface area contributed by atoms with E-state index in [2.05, 4.69) is 24.0 Å². The molecule has 0 amide bonds. The van der Waals surface area contributed by atoms with Crippen molar-refractivity contribution < 1.29 is 4.52 Å². The predicted octanol–water partition coefficient (Wildman–Crippen LogP) is 3.52. The van der Waals surface area contributed by atoms with Crippen LogP contribution < -0.4 is 5.73 Å². The predicted molar refractivity (Wildman–Crippen MR) is 79.9 cm³/mol. The van der Waals surface area contributed by atoms with Crippen molar-refractivity contribution >= 4 is 17.4 Å². The Labute approximate surface area is 117 Å². The van der Waals surface area contributed by atoms with Gasteiger partial charge in [0.15, 0.2) is 5.82 Å². The first-order chi connectivity index (χ1) is 9.06. The van der Waals surface area contributed by atoms with Crippen LogP contribution in [0.2, 0.25) is 0 Å². The third kappa shape index (κ3) is 3.73. The molecule has 5 heteroatoms. The van der Waals surface area contributed by atoms with E-state index >= 15 is 0 Å². The van der Waals surface area contributed by atoms with Crippen LogP contribution in [-0.4, -0.2) is 15.9 Å². The molecule has 0 radical (unpaired) electrons. The summed E-state index contributed by atoms with van der Waals surface area (Å²) in [5.74, 6) is 3.76. The molecule has 0 aliphatic rings. The largest absolute Gasteiger partial charge is 0.398 e. The van der Waals surface area contributed by atoms with Gasteiger partial charge in [0.05, 0.1) is 11.3 Å². The van der Waals surface area contributed by atoms with E-state index in [-0.39, 0.29) is 0 Å². The van der Waals surface area contributed by atoms with Crippen LogP contribution in [0.1, 0.15) is 25.2 Å². The first kappa shape index (κ1) is 13.9. The number of hydrogen-bond acceptors (Lipinski definition) is 5. The summed E-state index contributed by atoms with van der Waals surface area (Å²) >= 11 is 1.81. The van der Waals surface area contributed by atoms with Crippen LogP contribution in [0.5, 0.6) is 0 Å². The van der Waals surface area contributed by atoms with Crippen molar-refractivity contribution in [1.29, 1.82) is 0 Å². The Hall–Kier alpha value is -1.49. The summed E-state index contributed by atoms with van der Waals surface area (Å²) in [6.07, 6.45) is 0. The second kappa shape index (κ2) is 6.10. The summed E-state index contributed by atoms with van der Waals surface area (Å²) in [6.45, 7) is 6.41. The summed E-state index contributed by atoms with van der Waals surface area (Å²) in [4.78, 5) is 4.40. The van der Waals surface area contributed by atoms with E-state index in [0.29, 0.717) is 17.5 Å². The van der Waals surface area contributed by atoms with E-state index in [4.69, 9.17) is 10.3 Å². The molecule has 1 aromatic carbocycles. The monoisotopic (exact) mass is 277 g/mol. The molecule has 0 spiro atoms.